The van der Waals surface area contributed by atoms with E-state index in [1.165, 1.54) is 0 Å². The van der Waals surface area contributed by atoms with Crippen molar-refractivity contribution in [1.29, 1.82) is 0 Å². The summed E-state index contributed by atoms with van der Waals surface area (Å²) in [4.78, 5) is 8.64. The number of nitrogens with zero attached hydrogens (tertiary/aromatic N) is 3. The second-order valence-electron chi connectivity index (χ2n) is 4.96. The van der Waals surface area contributed by atoms with Gasteiger partial charge >= 0.3 is 0 Å². The molecule has 0 aliphatic carbocycles. The lowest BCUT2D eigenvalue weighted by molar-refractivity contribution is -0.0622. The third kappa shape index (κ3) is 3.06. The molecule has 0 unspecified atom stereocenters. The minimum atomic E-state index is -0.490. The predicted molar refractivity (Wildman–Crippen MR) is 82.1 cm³/mol. The number of methoxy groups -OCH3 is 2. The summed E-state index contributed by atoms with van der Waals surface area (Å²) in [5.74, 6) is 1.58. The molecule has 0 aromatic carbocycles. The van der Waals surface area contributed by atoms with E-state index in [-0.39, 0.29) is 12.4 Å². The molecule has 0 radical (unpaired) electrons. The van der Waals surface area contributed by atoms with Crippen LogP contribution in [0, 0.1) is 0 Å². The lowest BCUT2D eigenvalue weighted by Crippen LogP contribution is -2.41. The van der Waals surface area contributed by atoms with Gasteiger partial charge in [-0.3, -0.25) is 0 Å². The number of nitrogens with one attached hydrogen (secondary N) is 1. The molecular weight excluding hydrogens is 308 g/mol. The number of hydrogen-bond donors (Lipinski definition) is 1. The van der Waals surface area contributed by atoms with E-state index in [4.69, 9.17) is 14.0 Å². The Balaban J connectivity index is 0.00000176. The number of piperidine rings is 1. The first-order valence-electron chi connectivity index (χ1n) is 6.88. The Kier molecular flexibility index (Phi) is 5.33. The average molecular weight is 327 g/mol. The number of rotatable bonds is 4. The second-order valence-corrected chi connectivity index (χ2v) is 4.96. The van der Waals surface area contributed by atoms with Gasteiger partial charge in [0.15, 0.2) is 0 Å². The fourth-order valence-electron chi connectivity index (χ4n) is 2.50. The third-order valence-corrected chi connectivity index (χ3v) is 3.82. The summed E-state index contributed by atoms with van der Waals surface area (Å²) in [6.07, 6.45) is 3.29. The van der Waals surface area contributed by atoms with Crippen molar-refractivity contribution in [3.63, 3.8) is 0 Å². The van der Waals surface area contributed by atoms with Gasteiger partial charge in [-0.2, -0.15) is 4.98 Å². The van der Waals surface area contributed by atoms with Crippen molar-refractivity contribution in [2.45, 2.75) is 18.4 Å². The summed E-state index contributed by atoms with van der Waals surface area (Å²) in [5, 5.41) is 7.34. The van der Waals surface area contributed by atoms with Crippen molar-refractivity contribution in [3.8, 4) is 17.3 Å². The zero-order chi connectivity index (χ0) is 14.7. The lowest BCUT2D eigenvalue weighted by Gasteiger charge is -2.32. The summed E-state index contributed by atoms with van der Waals surface area (Å²) in [5.41, 5.74) is 0.294. The normalized spacial score (nSPS) is 16.8. The molecule has 1 saturated heterocycles. The molecule has 7 nitrogen and oxygen atoms in total. The molecule has 22 heavy (non-hydrogen) atoms. The van der Waals surface area contributed by atoms with Crippen LogP contribution in [-0.4, -0.2) is 42.4 Å². The maximum atomic E-state index is 5.68. The quantitative estimate of drug-likeness (QED) is 0.917. The highest BCUT2D eigenvalue weighted by Gasteiger charge is 2.39. The Morgan fingerprint density at radius 2 is 2.00 bits per heavy atom. The summed E-state index contributed by atoms with van der Waals surface area (Å²) < 4.78 is 16.2. The first kappa shape index (κ1) is 16.7. The van der Waals surface area contributed by atoms with Crippen LogP contribution in [0.25, 0.3) is 11.4 Å². The van der Waals surface area contributed by atoms with E-state index in [1.54, 1.807) is 26.5 Å². The molecule has 120 valence electrons. The van der Waals surface area contributed by atoms with Crippen LogP contribution in [0.5, 0.6) is 5.88 Å². The third-order valence-electron chi connectivity index (χ3n) is 3.82. The second kappa shape index (κ2) is 7.04. The number of ether oxygens (including phenoxy) is 2. The number of pyridine rings is 1. The summed E-state index contributed by atoms with van der Waals surface area (Å²) in [6, 6.07) is 3.62. The Morgan fingerprint density at radius 3 is 2.59 bits per heavy atom. The Morgan fingerprint density at radius 1 is 1.23 bits per heavy atom. The number of halogens is 1. The van der Waals surface area contributed by atoms with E-state index in [0.717, 1.165) is 31.5 Å². The molecule has 0 saturated carbocycles. The van der Waals surface area contributed by atoms with Crippen LogP contribution in [0.4, 0.5) is 0 Å². The highest BCUT2D eigenvalue weighted by atomic mass is 35.5. The van der Waals surface area contributed by atoms with Crippen molar-refractivity contribution in [2.75, 3.05) is 27.3 Å². The molecule has 0 bridgehead atoms. The van der Waals surface area contributed by atoms with Crippen LogP contribution in [0.3, 0.4) is 0 Å². The summed E-state index contributed by atoms with van der Waals surface area (Å²) in [6.45, 7) is 1.74. The van der Waals surface area contributed by atoms with Gasteiger partial charge < -0.3 is 19.3 Å². The number of aromatic nitrogens is 3. The highest BCUT2D eigenvalue weighted by Crippen LogP contribution is 2.34. The van der Waals surface area contributed by atoms with Gasteiger partial charge in [0, 0.05) is 24.9 Å². The maximum absolute atomic E-state index is 5.68. The van der Waals surface area contributed by atoms with E-state index >= 15 is 0 Å². The molecule has 0 spiro atoms. The maximum Gasteiger partial charge on any atom is 0.259 e. The van der Waals surface area contributed by atoms with E-state index in [1.807, 2.05) is 6.07 Å². The topological polar surface area (TPSA) is 82.3 Å². The Labute approximate surface area is 134 Å². The van der Waals surface area contributed by atoms with Gasteiger partial charge in [0.05, 0.1) is 7.11 Å². The van der Waals surface area contributed by atoms with Crippen LogP contribution >= 0.6 is 12.4 Å². The molecule has 1 aliphatic heterocycles. The molecule has 0 amide bonds. The van der Waals surface area contributed by atoms with Crippen LogP contribution in [-0.2, 0) is 10.3 Å². The minimum absolute atomic E-state index is 0. The van der Waals surface area contributed by atoms with Crippen LogP contribution < -0.4 is 10.1 Å². The first-order chi connectivity index (χ1) is 10.3. The molecular formula is C14H19ClN4O3. The van der Waals surface area contributed by atoms with Gasteiger partial charge in [0.1, 0.15) is 5.60 Å². The highest BCUT2D eigenvalue weighted by molar-refractivity contribution is 5.85. The first-order valence-corrected chi connectivity index (χ1v) is 6.88. The zero-order valence-corrected chi connectivity index (χ0v) is 13.4. The largest absolute Gasteiger partial charge is 0.481 e. The monoisotopic (exact) mass is 326 g/mol. The van der Waals surface area contributed by atoms with Gasteiger partial charge in [0.25, 0.3) is 5.89 Å². The lowest BCUT2D eigenvalue weighted by atomic mass is 9.92. The fraction of sp³-hybridized carbons (Fsp3) is 0.500. The molecule has 3 heterocycles. The molecule has 1 aliphatic rings. The van der Waals surface area contributed by atoms with E-state index < -0.39 is 5.60 Å². The van der Waals surface area contributed by atoms with Crippen LogP contribution in [0.1, 0.15) is 18.7 Å². The van der Waals surface area contributed by atoms with Gasteiger partial charge in [-0.05, 0) is 32.0 Å². The van der Waals surface area contributed by atoms with E-state index in [9.17, 15) is 0 Å². The fourth-order valence-corrected chi connectivity index (χ4v) is 2.50. The van der Waals surface area contributed by atoms with Crippen LogP contribution in [0.2, 0.25) is 0 Å². The van der Waals surface area contributed by atoms with Crippen molar-refractivity contribution >= 4 is 12.4 Å². The molecule has 0 atom stereocenters. The molecule has 8 heteroatoms. The van der Waals surface area contributed by atoms with Crippen molar-refractivity contribution in [1.82, 2.24) is 20.4 Å². The van der Waals surface area contributed by atoms with Crippen molar-refractivity contribution < 1.29 is 14.0 Å². The van der Waals surface area contributed by atoms with Gasteiger partial charge in [-0.1, -0.05) is 5.16 Å². The number of hydrogen-bond acceptors (Lipinski definition) is 7. The average Bonchev–Trinajstić information content (AvgIpc) is 3.06. The smallest absolute Gasteiger partial charge is 0.259 e. The van der Waals surface area contributed by atoms with E-state index in [2.05, 4.69) is 20.4 Å². The summed E-state index contributed by atoms with van der Waals surface area (Å²) in [7, 11) is 3.26. The van der Waals surface area contributed by atoms with E-state index in [0.29, 0.717) is 17.6 Å². The van der Waals surface area contributed by atoms with Gasteiger partial charge in [0.2, 0.25) is 11.7 Å². The summed E-state index contributed by atoms with van der Waals surface area (Å²) >= 11 is 0. The Bertz CT molecular complexity index is 596. The van der Waals surface area contributed by atoms with Gasteiger partial charge in [-0.25, -0.2) is 4.98 Å². The molecule has 2 aromatic rings. The Hall–Kier alpha value is -1.70. The zero-order valence-electron chi connectivity index (χ0n) is 12.5. The van der Waals surface area contributed by atoms with Gasteiger partial charge in [-0.15, -0.1) is 12.4 Å². The predicted octanol–water partition coefficient (Wildman–Crippen LogP) is 1.79. The SMILES string of the molecule is COc1ccc(-c2noc(C3(OC)CCNCC3)n2)cn1.Cl. The molecule has 2 aromatic heterocycles. The molecule has 1 N–H and O–H groups in total. The van der Waals surface area contributed by atoms with Crippen LogP contribution in [0.15, 0.2) is 22.9 Å². The van der Waals surface area contributed by atoms with Crippen molar-refractivity contribution in [3.05, 3.63) is 24.2 Å². The van der Waals surface area contributed by atoms with Crippen molar-refractivity contribution in [2.24, 2.45) is 0 Å². The molecule has 3 rings (SSSR count). The molecule has 1 fully saturated rings. The standard InChI is InChI=1S/C14H18N4O3.ClH/c1-19-11-4-3-10(9-16-11)12-17-13(21-18-12)14(20-2)5-7-15-8-6-14;/h3-4,9,15H,5-8H2,1-2H3;1H. The minimum Gasteiger partial charge on any atom is -0.481 e.